The third kappa shape index (κ3) is 4.96. The number of hydrogen-bond donors (Lipinski definition) is 0. The lowest BCUT2D eigenvalue weighted by molar-refractivity contribution is 0.545. The Labute approximate surface area is 180 Å². The van der Waals surface area contributed by atoms with Crippen LogP contribution in [0, 0.1) is 27.7 Å². The van der Waals surface area contributed by atoms with E-state index in [4.69, 9.17) is 14.4 Å². The number of benzene rings is 2. The second kappa shape index (κ2) is 9.71. The van der Waals surface area contributed by atoms with Crippen LogP contribution in [0.2, 0.25) is 0 Å². The summed E-state index contributed by atoms with van der Waals surface area (Å²) in [4.78, 5) is 9.89. The molecule has 0 atom stereocenters. The van der Waals surface area contributed by atoms with E-state index in [0.717, 1.165) is 53.6 Å². The maximum atomic E-state index is 6.25. The first-order valence-corrected chi connectivity index (χ1v) is 10.8. The van der Waals surface area contributed by atoms with Crippen molar-refractivity contribution in [2.24, 2.45) is 9.98 Å². The van der Waals surface area contributed by atoms with E-state index in [1.807, 2.05) is 19.1 Å². The topological polar surface area (TPSA) is 37.9 Å². The zero-order valence-corrected chi connectivity index (χ0v) is 19.0. The molecule has 0 aliphatic heterocycles. The zero-order chi connectivity index (χ0) is 21.7. The molecule has 30 heavy (non-hydrogen) atoms. The van der Waals surface area contributed by atoms with Crippen LogP contribution in [-0.4, -0.2) is 11.4 Å². The molecule has 1 aromatic heterocycles. The van der Waals surface area contributed by atoms with Gasteiger partial charge in [0.25, 0.3) is 0 Å². The van der Waals surface area contributed by atoms with Crippen LogP contribution in [-0.2, 0) is 0 Å². The average Bonchev–Trinajstić information content (AvgIpc) is 3.20. The number of hydrogen-bond acceptors (Lipinski definition) is 3. The second-order valence-electron chi connectivity index (χ2n) is 8.00. The van der Waals surface area contributed by atoms with Crippen molar-refractivity contribution >= 4 is 22.8 Å². The lowest BCUT2D eigenvalue weighted by Crippen LogP contribution is -2.00. The molecule has 0 spiro atoms. The number of aryl methyl sites for hydroxylation is 4. The summed E-state index contributed by atoms with van der Waals surface area (Å²) in [7, 11) is 0. The molecule has 0 amide bonds. The van der Waals surface area contributed by atoms with Gasteiger partial charge in [-0.15, -0.1) is 0 Å². The first kappa shape index (κ1) is 21.8. The number of unbranched alkanes of at least 4 members (excludes halogenated alkanes) is 1. The van der Waals surface area contributed by atoms with Crippen LogP contribution >= 0.6 is 0 Å². The van der Waals surface area contributed by atoms with Gasteiger partial charge in [-0.1, -0.05) is 49.7 Å². The summed E-state index contributed by atoms with van der Waals surface area (Å²) in [6, 6.07) is 16.6. The SMILES string of the molecule is CCCCC(=Nc1c(C)cccc1C)c1ccc(C(C)=Nc2c(C)cccc2C)o1. The molecule has 0 radical (unpaired) electrons. The number of nitrogens with zero attached hydrogens (tertiary/aromatic N) is 2. The van der Waals surface area contributed by atoms with Crippen LogP contribution in [0.3, 0.4) is 0 Å². The molecule has 2 aromatic carbocycles. The molecule has 3 rings (SSSR count). The Morgan fingerprint density at radius 2 is 1.23 bits per heavy atom. The van der Waals surface area contributed by atoms with E-state index in [9.17, 15) is 0 Å². The van der Waals surface area contributed by atoms with Crippen LogP contribution in [0.5, 0.6) is 0 Å². The highest BCUT2D eigenvalue weighted by Crippen LogP contribution is 2.27. The predicted molar refractivity (Wildman–Crippen MR) is 128 cm³/mol. The molecule has 3 nitrogen and oxygen atoms in total. The summed E-state index contributed by atoms with van der Waals surface area (Å²) >= 11 is 0. The van der Waals surface area contributed by atoms with Gasteiger partial charge in [-0.25, -0.2) is 9.98 Å². The van der Waals surface area contributed by atoms with Gasteiger partial charge in [-0.05, 0) is 81.8 Å². The van der Waals surface area contributed by atoms with Gasteiger partial charge in [-0.3, -0.25) is 0 Å². The summed E-state index contributed by atoms with van der Waals surface area (Å²) < 4.78 is 6.25. The van der Waals surface area contributed by atoms with Gasteiger partial charge in [0.15, 0.2) is 0 Å². The van der Waals surface area contributed by atoms with E-state index in [1.54, 1.807) is 0 Å². The van der Waals surface area contributed by atoms with Crippen LogP contribution in [0.15, 0.2) is 62.9 Å². The highest BCUT2D eigenvalue weighted by molar-refractivity contribution is 6.03. The summed E-state index contributed by atoms with van der Waals surface area (Å²) in [5.74, 6) is 1.62. The van der Waals surface area contributed by atoms with Crippen LogP contribution < -0.4 is 0 Å². The molecule has 1 heterocycles. The molecule has 0 N–H and O–H groups in total. The van der Waals surface area contributed by atoms with Crippen molar-refractivity contribution in [3.63, 3.8) is 0 Å². The number of para-hydroxylation sites is 2. The van der Waals surface area contributed by atoms with Crippen LogP contribution in [0.4, 0.5) is 11.4 Å². The van der Waals surface area contributed by atoms with Gasteiger partial charge >= 0.3 is 0 Å². The van der Waals surface area contributed by atoms with Gasteiger partial charge in [0.1, 0.15) is 11.5 Å². The van der Waals surface area contributed by atoms with E-state index in [2.05, 4.69) is 71.0 Å². The molecular formula is C27H32N2O. The van der Waals surface area contributed by atoms with Gasteiger partial charge in [-0.2, -0.15) is 0 Å². The van der Waals surface area contributed by atoms with Crippen LogP contribution in [0.25, 0.3) is 0 Å². The van der Waals surface area contributed by atoms with Gasteiger partial charge in [0.05, 0.1) is 22.8 Å². The molecule has 0 fully saturated rings. The lowest BCUT2D eigenvalue weighted by atomic mass is 10.1. The van der Waals surface area contributed by atoms with Gasteiger partial charge in [0, 0.05) is 0 Å². The highest BCUT2D eigenvalue weighted by atomic mass is 16.3. The standard InChI is InChI=1S/C27H32N2O/c1-7-8-15-23(29-27-20(4)13-10-14-21(27)5)25-17-16-24(30-25)22(6)28-26-18(2)11-9-12-19(26)3/h9-14,16-17H,7-8,15H2,1-6H3. The van der Waals surface area contributed by atoms with Crippen molar-refractivity contribution in [3.05, 3.63) is 82.3 Å². The quantitative estimate of drug-likeness (QED) is 0.371. The third-order valence-electron chi connectivity index (χ3n) is 5.42. The summed E-state index contributed by atoms with van der Waals surface area (Å²) in [6.45, 7) is 12.6. The monoisotopic (exact) mass is 400 g/mol. The minimum Gasteiger partial charge on any atom is -0.454 e. The number of furan rings is 1. The van der Waals surface area contributed by atoms with Gasteiger partial charge < -0.3 is 4.42 Å². The number of aliphatic imine (C=N–C) groups is 2. The summed E-state index contributed by atoms with van der Waals surface area (Å²) in [5.41, 5.74) is 8.64. The fraction of sp³-hybridized carbons (Fsp3) is 0.333. The van der Waals surface area contributed by atoms with Crippen molar-refractivity contribution in [1.29, 1.82) is 0 Å². The molecular weight excluding hydrogens is 368 g/mol. The molecule has 0 bridgehead atoms. The fourth-order valence-electron chi connectivity index (χ4n) is 3.59. The predicted octanol–water partition coefficient (Wildman–Crippen LogP) is 7.96. The Kier molecular flexibility index (Phi) is 7.04. The average molecular weight is 401 g/mol. The van der Waals surface area contributed by atoms with Crippen LogP contribution in [0.1, 0.15) is 66.9 Å². The Morgan fingerprint density at radius 3 is 1.77 bits per heavy atom. The summed E-state index contributed by atoms with van der Waals surface area (Å²) in [5, 5.41) is 0. The molecule has 3 aromatic rings. The first-order valence-electron chi connectivity index (χ1n) is 10.8. The van der Waals surface area contributed by atoms with E-state index in [0.29, 0.717) is 0 Å². The minimum atomic E-state index is 0.790. The Morgan fingerprint density at radius 1 is 0.733 bits per heavy atom. The highest BCUT2D eigenvalue weighted by Gasteiger charge is 2.13. The van der Waals surface area contributed by atoms with E-state index >= 15 is 0 Å². The maximum Gasteiger partial charge on any atom is 0.149 e. The third-order valence-corrected chi connectivity index (χ3v) is 5.42. The van der Waals surface area contributed by atoms with Crippen molar-refractivity contribution in [2.45, 2.75) is 60.8 Å². The molecule has 156 valence electrons. The molecule has 0 aliphatic rings. The maximum absolute atomic E-state index is 6.25. The largest absolute Gasteiger partial charge is 0.454 e. The fourth-order valence-corrected chi connectivity index (χ4v) is 3.59. The smallest absolute Gasteiger partial charge is 0.149 e. The molecule has 0 saturated heterocycles. The number of rotatable bonds is 7. The minimum absolute atomic E-state index is 0.790. The zero-order valence-electron chi connectivity index (χ0n) is 19.0. The van der Waals surface area contributed by atoms with Gasteiger partial charge in [0.2, 0.25) is 0 Å². The Hall–Kier alpha value is -2.94. The van der Waals surface area contributed by atoms with Crippen molar-refractivity contribution in [1.82, 2.24) is 0 Å². The molecule has 0 saturated carbocycles. The Balaban J connectivity index is 1.98. The molecule has 3 heteroatoms. The van der Waals surface area contributed by atoms with Crippen molar-refractivity contribution < 1.29 is 4.42 Å². The first-order chi connectivity index (χ1) is 14.4. The Bertz CT molecular complexity index is 1050. The lowest BCUT2D eigenvalue weighted by Gasteiger charge is -2.08. The van der Waals surface area contributed by atoms with E-state index in [1.165, 1.54) is 22.3 Å². The molecule has 0 unspecified atom stereocenters. The van der Waals surface area contributed by atoms with Crippen molar-refractivity contribution in [3.8, 4) is 0 Å². The van der Waals surface area contributed by atoms with E-state index in [-0.39, 0.29) is 0 Å². The van der Waals surface area contributed by atoms with E-state index < -0.39 is 0 Å². The van der Waals surface area contributed by atoms with Crippen molar-refractivity contribution in [2.75, 3.05) is 0 Å². The normalized spacial score (nSPS) is 12.5. The second-order valence-corrected chi connectivity index (χ2v) is 8.00. The summed E-state index contributed by atoms with van der Waals surface area (Å²) in [6.07, 6.45) is 3.09. The molecule has 0 aliphatic carbocycles.